The number of rotatable bonds is 10. The normalized spacial score (nSPS) is 12.8. The first-order valence-corrected chi connectivity index (χ1v) is 10.3. The van der Waals surface area contributed by atoms with Gasteiger partial charge in [-0.05, 0) is 31.7 Å². The Labute approximate surface area is 142 Å². The van der Waals surface area contributed by atoms with Gasteiger partial charge in [-0.2, -0.15) is 0 Å². The van der Waals surface area contributed by atoms with Crippen molar-refractivity contribution in [2.75, 3.05) is 11.5 Å². The fraction of sp³-hybridized carbons (Fsp3) is 0.667. The van der Waals surface area contributed by atoms with E-state index in [2.05, 4.69) is 30.3 Å². The maximum atomic E-state index is 12.0. The van der Waals surface area contributed by atoms with Gasteiger partial charge in [0.25, 0.3) is 0 Å². The van der Waals surface area contributed by atoms with Crippen LogP contribution >= 0.6 is 0 Å². The van der Waals surface area contributed by atoms with Crippen molar-refractivity contribution in [3.63, 3.8) is 0 Å². The van der Waals surface area contributed by atoms with Crippen LogP contribution in [0, 0.1) is 6.92 Å². The summed E-state index contributed by atoms with van der Waals surface area (Å²) in [6, 6.07) is 0. The fourth-order valence-corrected chi connectivity index (χ4v) is 4.13. The van der Waals surface area contributed by atoms with Crippen LogP contribution in [0.3, 0.4) is 0 Å². The lowest BCUT2D eigenvalue weighted by Gasteiger charge is -2.10. The van der Waals surface area contributed by atoms with Gasteiger partial charge in [0.15, 0.2) is 0 Å². The van der Waals surface area contributed by atoms with Crippen LogP contribution in [0.25, 0.3) is 11.0 Å². The number of nitrogens with zero attached hydrogens (tertiary/aromatic N) is 3. The molecule has 1 unspecified atom stereocenters. The van der Waals surface area contributed by atoms with Crippen LogP contribution in [0.1, 0.15) is 57.3 Å². The largest absolute Gasteiger partial charge is 0.328 e. The molecule has 0 aromatic carbocycles. The molecule has 2 aromatic rings. The lowest BCUT2D eigenvalue weighted by atomic mass is 10.2. The van der Waals surface area contributed by atoms with E-state index in [-0.39, 0.29) is 0 Å². The van der Waals surface area contributed by atoms with Gasteiger partial charge in [-0.1, -0.05) is 26.7 Å². The van der Waals surface area contributed by atoms with Crippen LogP contribution in [0.4, 0.5) is 0 Å². The van der Waals surface area contributed by atoms with Gasteiger partial charge in [0.05, 0.1) is 11.7 Å². The number of pyridine rings is 1. The highest BCUT2D eigenvalue weighted by Gasteiger charge is 2.13. The molecule has 0 spiro atoms. The highest BCUT2D eigenvalue weighted by molar-refractivity contribution is 7.84. The van der Waals surface area contributed by atoms with Gasteiger partial charge in [-0.25, -0.2) is 4.98 Å². The number of hydrogen-bond donors (Lipinski definition) is 0. The molecule has 0 N–H and O–H groups in total. The van der Waals surface area contributed by atoms with Crippen molar-refractivity contribution in [1.29, 1.82) is 0 Å². The Morgan fingerprint density at radius 1 is 1.09 bits per heavy atom. The van der Waals surface area contributed by atoms with Crippen LogP contribution in [0.5, 0.6) is 0 Å². The van der Waals surface area contributed by atoms with Crippen molar-refractivity contribution < 1.29 is 4.21 Å². The predicted octanol–water partition coefficient (Wildman–Crippen LogP) is 4.02. The Hall–Kier alpha value is -1.23. The first-order valence-electron chi connectivity index (χ1n) is 8.82. The molecular weight excluding hydrogens is 306 g/mol. The Balaban J connectivity index is 2.11. The zero-order valence-electron chi connectivity index (χ0n) is 14.7. The highest BCUT2D eigenvalue weighted by atomic mass is 32.2. The van der Waals surface area contributed by atoms with Crippen molar-refractivity contribution in [2.45, 2.75) is 65.8 Å². The molecular formula is C18H29N3OS. The SMILES string of the molecule is CCCCc1nc2cncc(C)c2n1CCCS(=O)CCCC. The molecule has 0 saturated heterocycles. The third kappa shape index (κ3) is 4.87. The van der Waals surface area contributed by atoms with E-state index in [9.17, 15) is 4.21 Å². The molecule has 0 aliphatic rings. The van der Waals surface area contributed by atoms with Gasteiger partial charge in [-0.15, -0.1) is 0 Å². The van der Waals surface area contributed by atoms with Gasteiger partial charge in [0.1, 0.15) is 11.3 Å². The zero-order valence-corrected chi connectivity index (χ0v) is 15.5. The standard InChI is InChI=1S/C18H29N3OS/c1-4-6-9-17-20-16-14-19-13-15(3)18(16)21(17)10-8-12-23(22)11-7-5-2/h13-14H,4-12H2,1-3H3. The minimum absolute atomic E-state index is 0.679. The first-order chi connectivity index (χ1) is 11.2. The number of aryl methyl sites for hydroxylation is 3. The summed E-state index contributed by atoms with van der Waals surface area (Å²) in [6.45, 7) is 7.34. The molecule has 0 aliphatic carbocycles. The molecule has 0 saturated carbocycles. The van der Waals surface area contributed by atoms with Gasteiger partial charge in [0, 0.05) is 41.5 Å². The van der Waals surface area contributed by atoms with Gasteiger partial charge in [0.2, 0.25) is 0 Å². The minimum atomic E-state index is -0.679. The second kappa shape index (κ2) is 9.16. The van der Waals surface area contributed by atoms with Gasteiger partial charge < -0.3 is 4.57 Å². The molecule has 2 heterocycles. The second-order valence-corrected chi connectivity index (χ2v) is 7.86. The summed E-state index contributed by atoms with van der Waals surface area (Å²) in [5.74, 6) is 2.78. The third-order valence-corrected chi connectivity index (χ3v) is 5.63. The maximum absolute atomic E-state index is 12.0. The molecule has 0 radical (unpaired) electrons. The van der Waals surface area contributed by atoms with Gasteiger partial charge in [-0.3, -0.25) is 9.19 Å². The van der Waals surface area contributed by atoms with Crippen LogP contribution in [0.15, 0.2) is 12.4 Å². The summed E-state index contributed by atoms with van der Waals surface area (Å²) in [4.78, 5) is 9.05. The first kappa shape index (κ1) is 18.1. The number of fused-ring (bicyclic) bond motifs is 1. The lowest BCUT2D eigenvalue weighted by Crippen LogP contribution is -2.09. The molecule has 2 aromatic heterocycles. The molecule has 5 heteroatoms. The van der Waals surface area contributed by atoms with E-state index in [0.29, 0.717) is 0 Å². The Kier molecular flexibility index (Phi) is 7.21. The van der Waals surface area contributed by atoms with Crippen molar-refractivity contribution in [3.8, 4) is 0 Å². The molecule has 23 heavy (non-hydrogen) atoms. The quantitative estimate of drug-likeness (QED) is 0.659. The number of unbranched alkanes of at least 4 members (excludes halogenated alkanes) is 2. The molecule has 2 rings (SSSR count). The van der Waals surface area contributed by atoms with E-state index < -0.39 is 10.8 Å². The van der Waals surface area contributed by atoms with Crippen LogP contribution in [0.2, 0.25) is 0 Å². The van der Waals surface area contributed by atoms with Crippen molar-refractivity contribution in [1.82, 2.24) is 14.5 Å². The smallest absolute Gasteiger partial charge is 0.109 e. The van der Waals surface area contributed by atoms with Crippen LogP contribution in [-0.4, -0.2) is 30.2 Å². The predicted molar refractivity (Wildman–Crippen MR) is 98.3 cm³/mol. The molecule has 4 nitrogen and oxygen atoms in total. The summed E-state index contributed by atoms with van der Waals surface area (Å²) in [6.07, 6.45) is 10.2. The summed E-state index contributed by atoms with van der Waals surface area (Å²) in [7, 11) is -0.679. The average Bonchev–Trinajstić information content (AvgIpc) is 2.90. The summed E-state index contributed by atoms with van der Waals surface area (Å²) >= 11 is 0. The monoisotopic (exact) mass is 335 g/mol. The van der Waals surface area contributed by atoms with Crippen LogP contribution < -0.4 is 0 Å². The van der Waals surface area contributed by atoms with E-state index in [1.165, 1.54) is 17.5 Å². The molecule has 0 amide bonds. The molecule has 0 bridgehead atoms. The highest BCUT2D eigenvalue weighted by Crippen LogP contribution is 2.20. The van der Waals surface area contributed by atoms with E-state index in [0.717, 1.165) is 61.5 Å². The fourth-order valence-electron chi connectivity index (χ4n) is 2.86. The number of imidazole rings is 1. The Bertz CT molecular complexity index is 651. The summed E-state index contributed by atoms with van der Waals surface area (Å²) in [5.41, 5.74) is 3.36. The lowest BCUT2D eigenvalue weighted by molar-refractivity contribution is 0.628. The van der Waals surface area contributed by atoms with Crippen molar-refractivity contribution in [3.05, 3.63) is 23.8 Å². The van der Waals surface area contributed by atoms with Crippen LogP contribution in [-0.2, 0) is 23.8 Å². The maximum Gasteiger partial charge on any atom is 0.109 e. The minimum Gasteiger partial charge on any atom is -0.328 e. The summed E-state index contributed by atoms with van der Waals surface area (Å²) in [5, 5.41) is 0. The molecule has 0 aliphatic heterocycles. The van der Waals surface area contributed by atoms with Crippen molar-refractivity contribution >= 4 is 21.8 Å². The molecule has 128 valence electrons. The Morgan fingerprint density at radius 3 is 2.57 bits per heavy atom. The number of aromatic nitrogens is 3. The van der Waals surface area contributed by atoms with E-state index in [4.69, 9.17) is 4.98 Å². The average molecular weight is 336 g/mol. The molecule has 0 fully saturated rings. The third-order valence-electron chi connectivity index (χ3n) is 4.15. The van der Waals surface area contributed by atoms with E-state index in [1.807, 2.05) is 12.4 Å². The second-order valence-electron chi connectivity index (χ2n) is 6.16. The van der Waals surface area contributed by atoms with Gasteiger partial charge >= 0.3 is 0 Å². The Morgan fingerprint density at radius 2 is 1.83 bits per heavy atom. The summed E-state index contributed by atoms with van der Waals surface area (Å²) < 4.78 is 14.3. The topological polar surface area (TPSA) is 47.8 Å². The molecule has 1 atom stereocenters. The number of hydrogen-bond acceptors (Lipinski definition) is 3. The zero-order chi connectivity index (χ0) is 16.7. The van der Waals surface area contributed by atoms with E-state index >= 15 is 0 Å². The van der Waals surface area contributed by atoms with Crippen molar-refractivity contribution in [2.24, 2.45) is 0 Å². The van der Waals surface area contributed by atoms with E-state index in [1.54, 1.807) is 0 Å².